The Balaban J connectivity index is 1.73. The largest absolute Gasteiger partial charge is 0.372 e. The standard InChI is InChI=1S/C10H13NO2S/c12-9-1-3-10(4-2-9)13-5-8-6-14-7-11-8/h6-7,10H,1-5H2. The van der Waals surface area contributed by atoms with Crippen molar-refractivity contribution in [1.82, 2.24) is 4.98 Å². The second kappa shape index (κ2) is 4.66. The Morgan fingerprint density at radius 1 is 1.50 bits per heavy atom. The van der Waals surface area contributed by atoms with Crippen molar-refractivity contribution < 1.29 is 9.53 Å². The van der Waals surface area contributed by atoms with Crippen molar-refractivity contribution in [3.63, 3.8) is 0 Å². The number of nitrogens with zero attached hydrogens (tertiary/aromatic N) is 1. The lowest BCUT2D eigenvalue weighted by molar-refractivity contribution is -0.123. The number of ether oxygens (including phenoxy) is 1. The molecule has 0 amide bonds. The van der Waals surface area contributed by atoms with Gasteiger partial charge in [-0.25, -0.2) is 4.98 Å². The van der Waals surface area contributed by atoms with Gasteiger partial charge in [-0.3, -0.25) is 4.79 Å². The van der Waals surface area contributed by atoms with E-state index in [4.69, 9.17) is 4.74 Å². The van der Waals surface area contributed by atoms with Gasteiger partial charge in [0.25, 0.3) is 0 Å². The summed E-state index contributed by atoms with van der Waals surface area (Å²) in [6.07, 6.45) is 3.38. The first-order chi connectivity index (χ1) is 6.84. The molecule has 0 bridgehead atoms. The Bertz CT molecular complexity index is 287. The highest BCUT2D eigenvalue weighted by atomic mass is 32.1. The average Bonchev–Trinajstić information content (AvgIpc) is 2.70. The van der Waals surface area contributed by atoms with E-state index in [-0.39, 0.29) is 6.10 Å². The maximum absolute atomic E-state index is 11.0. The molecule has 1 aromatic rings. The number of carbonyl (C=O) groups excluding carboxylic acids is 1. The molecule has 1 aromatic heterocycles. The van der Waals surface area contributed by atoms with E-state index in [2.05, 4.69) is 4.98 Å². The minimum absolute atomic E-state index is 0.259. The van der Waals surface area contributed by atoms with Crippen molar-refractivity contribution in [2.75, 3.05) is 0 Å². The van der Waals surface area contributed by atoms with Crippen molar-refractivity contribution in [1.29, 1.82) is 0 Å². The van der Waals surface area contributed by atoms with Crippen LogP contribution in [0.25, 0.3) is 0 Å². The van der Waals surface area contributed by atoms with Crippen LogP contribution in [-0.2, 0) is 16.1 Å². The van der Waals surface area contributed by atoms with E-state index < -0.39 is 0 Å². The molecule has 0 aliphatic heterocycles. The fraction of sp³-hybridized carbons (Fsp3) is 0.600. The molecular weight excluding hydrogens is 198 g/mol. The molecule has 1 heterocycles. The maximum Gasteiger partial charge on any atom is 0.133 e. The molecule has 0 unspecified atom stereocenters. The highest BCUT2D eigenvalue weighted by Gasteiger charge is 2.18. The zero-order valence-corrected chi connectivity index (χ0v) is 8.76. The number of ketones is 1. The summed E-state index contributed by atoms with van der Waals surface area (Å²) in [4.78, 5) is 15.1. The molecule has 0 N–H and O–H groups in total. The summed E-state index contributed by atoms with van der Waals surface area (Å²) in [6.45, 7) is 0.586. The van der Waals surface area contributed by atoms with Gasteiger partial charge in [-0.05, 0) is 12.8 Å². The van der Waals surface area contributed by atoms with Crippen LogP contribution in [0.3, 0.4) is 0 Å². The van der Waals surface area contributed by atoms with Gasteiger partial charge < -0.3 is 4.74 Å². The molecule has 1 aliphatic carbocycles. The highest BCUT2D eigenvalue weighted by Crippen LogP contribution is 2.19. The number of hydrogen-bond donors (Lipinski definition) is 0. The Kier molecular flexibility index (Phi) is 3.26. The van der Waals surface area contributed by atoms with Crippen LogP contribution >= 0.6 is 11.3 Å². The van der Waals surface area contributed by atoms with Crippen LogP contribution in [-0.4, -0.2) is 16.9 Å². The van der Waals surface area contributed by atoms with E-state index in [9.17, 15) is 4.79 Å². The van der Waals surface area contributed by atoms with Crippen molar-refractivity contribution in [2.45, 2.75) is 38.4 Å². The normalized spacial score (nSPS) is 18.7. The minimum atomic E-state index is 0.259. The summed E-state index contributed by atoms with van der Waals surface area (Å²) in [5.41, 5.74) is 2.80. The Morgan fingerprint density at radius 3 is 2.93 bits per heavy atom. The highest BCUT2D eigenvalue weighted by molar-refractivity contribution is 7.07. The summed E-state index contributed by atoms with van der Waals surface area (Å²) in [5.74, 6) is 0.374. The van der Waals surface area contributed by atoms with E-state index in [1.165, 1.54) is 0 Å². The topological polar surface area (TPSA) is 39.2 Å². The third-order valence-electron chi connectivity index (χ3n) is 2.44. The number of aromatic nitrogens is 1. The molecule has 0 aromatic carbocycles. The zero-order valence-electron chi connectivity index (χ0n) is 7.94. The number of rotatable bonds is 3. The molecule has 1 aliphatic rings. The first-order valence-corrected chi connectivity index (χ1v) is 5.79. The summed E-state index contributed by atoms with van der Waals surface area (Å²) in [7, 11) is 0. The van der Waals surface area contributed by atoms with E-state index >= 15 is 0 Å². The molecule has 14 heavy (non-hydrogen) atoms. The molecule has 2 rings (SSSR count). The lowest BCUT2D eigenvalue weighted by atomic mass is 9.96. The van der Waals surface area contributed by atoms with Gasteiger partial charge in [0, 0.05) is 18.2 Å². The summed E-state index contributed by atoms with van der Waals surface area (Å²) in [6, 6.07) is 0. The van der Waals surface area contributed by atoms with Crippen LogP contribution in [0.2, 0.25) is 0 Å². The first kappa shape index (κ1) is 9.80. The van der Waals surface area contributed by atoms with Crippen LogP contribution in [0, 0.1) is 0 Å². The summed E-state index contributed by atoms with van der Waals surface area (Å²) >= 11 is 1.58. The summed E-state index contributed by atoms with van der Waals surface area (Å²) < 4.78 is 5.67. The molecule has 76 valence electrons. The second-order valence-electron chi connectivity index (χ2n) is 3.53. The van der Waals surface area contributed by atoms with Gasteiger partial charge in [0.05, 0.1) is 23.9 Å². The van der Waals surface area contributed by atoms with E-state index in [1.54, 1.807) is 11.3 Å². The van der Waals surface area contributed by atoms with E-state index in [0.717, 1.165) is 18.5 Å². The Hall–Kier alpha value is -0.740. The van der Waals surface area contributed by atoms with Crippen molar-refractivity contribution in [2.24, 2.45) is 0 Å². The van der Waals surface area contributed by atoms with Gasteiger partial charge in [-0.1, -0.05) is 0 Å². The van der Waals surface area contributed by atoms with Crippen LogP contribution in [0.4, 0.5) is 0 Å². The molecule has 1 fully saturated rings. The Labute approximate surface area is 87.1 Å². The number of hydrogen-bond acceptors (Lipinski definition) is 4. The molecule has 4 heteroatoms. The van der Waals surface area contributed by atoms with Gasteiger partial charge in [-0.2, -0.15) is 0 Å². The maximum atomic E-state index is 11.0. The minimum Gasteiger partial charge on any atom is -0.372 e. The lowest BCUT2D eigenvalue weighted by Crippen LogP contribution is -2.21. The molecule has 0 spiro atoms. The second-order valence-corrected chi connectivity index (χ2v) is 4.25. The lowest BCUT2D eigenvalue weighted by Gasteiger charge is -2.20. The number of carbonyl (C=O) groups is 1. The molecule has 1 saturated carbocycles. The van der Waals surface area contributed by atoms with Crippen LogP contribution < -0.4 is 0 Å². The molecule has 0 saturated heterocycles. The predicted molar refractivity (Wildman–Crippen MR) is 54.2 cm³/mol. The van der Waals surface area contributed by atoms with Gasteiger partial charge in [-0.15, -0.1) is 11.3 Å². The quantitative estimate of drug-likeness (QED) is 0.769. The van der Waals surface area contributed by atoms with E-state index in [1.807, 2.05) is 10.9 Å². The van der Waals surface area contributed by atoms with Crippen molar-refractivity contribution in [3.8, 4) is 0 Å². The molecule has 3 nitrogen and oxygen atoms in total. The Morgan fingerprint density at radius 2 is 2.29 bits per heavy atom. The monoisotopic (exact) mass is 211 g/mol. The smallest absolute Gasteiger partial charge is 0.133 e. The first-order valence-electron chi connectivity index (χ1n) is 4.85. The van der Waals surface area contributed by atoms with Crippen LogP contribution in [0.5, 0.6) is 0 Å². The van der Waals surface area contributed by atoms with Crippen LogP contribution in [0.1, 0.15) is 31.4 Å². The van der Waals surface area contributed by atoms with Gasteiger partial charge in [0.2, 0.25) is 0 Å². The van der Waals surface area contributed by atoms with Gasteiger partial charge in [0.15, 0.2) is 0 Å². The average molecular weight is 211 g/mol. The summed E-state index contributed by atoms with van der Waals surface area (Å²) in [5, 5.41) is 1.99. The number of thiazole rings is 1. The van der Waals surface area contributed by atoms with E-state index in [0.29, 0.717) is 25.2 Å². The van der Waals surface area contributed by atoms with Gasteiger partial charge in [0.1, 0.15) is 5.78 Å². The van der Waals surface area contributed by atoms with Crippen molar-refractivity contribution >= 4 is 17.1 Å². The zero-order chi connectivity index (χ0) is 9.80. The molecule has 0 radical (unpaired) electrons. The molecule has 0 atom stereocenters. The SMILES string of the molecule is O=C1CCC(OCc2cscn2)CC1. The number of Topliss-reactive ketones (excluding diaryl/α,β-unsaturated/α-hetero) is 1. The van der Waals surface area contributed by atoms with Gasteiger partial charge >= 0.3 is 0 Å². The predicted octanol–water partition coefficient (Wildman–Crippen LogP) is 2.17. The van der Waals surface area contributed by atoms with Crippen LogP contribution in [0.15, 0.2) is 10.9 Å². The van der Waals surface area contributed by atoms with Crippen molar-refractivity contribution in [3.05, 3.63) is 16.6 Å². The third kappa shape index (κ3) is 2.62. The third-order valence-corrected chi connectivity index (χ3v) is 3.08. The fourth-order valence-electron chi connectivity index (χ4n) is 1.59. The fourth-order valence-corrected chi connectivity index (χ4v) is 2.14. The molecular formula is C10H13NO2S.